The second-order valence-electron chi connectivity index (χ2n) is 3.74. The van der Waals surface area contributed by atoms with Gasteiger partial charge in [-0.3, -0.25) is 0 Å². The summed E-state index contributed by atoms with van der Waals surface area (Å²) in [5, 5.41) is 22.9. The second kappa shape index (κ2) is 4.71. The number of hydrogen-bond donors (Lipinski definition) is 4. The maximum absolute atomic E-state index is 13.1. The minimum atomic E-state index is -1.82. The Kier molecular flexibility index (Phi) is 3.26. The van der Waals surface area contributed by atoms with E-state index in [4.69, 9.17) is 10.2 Å². The highest BCUT2D eigenvalue weighted by molar-refractivity contribution is 5.77. The molecule has 1 unspecified atom stereocenters. The lowest BCUT2D eigenvalue weighted by Crippen LogP contribution is -2.43. The molecule has 0 bridgehead atoms. The minimum Gasteiger partial charge on any atom is -0.364 e. The number of hydrogen-bond acceptors (Lipinski definition) is 3. The Morgan fingerprint density at radius 1 is 1.22 bits per heavy atom. The second-order valence-corrected chi connectivity index (χ2v) is 3.74. The van der Waals surface area contributed by atoms with Crippen molar-refractivity contribution < 1.29 is 23.8 Å². The van der Waals surface area contributed by atoms with Crippen molar-refractivity contribution >= 4 is 6.03 Å². The highest BCUT2D eigenvalue weighted by atomic mass is 19.2. The molecule has 1 aromatic carbocycles. The van der Waals surface area contributed by atoms with Gasteiger partial charge in [0.2, 0.25) is 0 Å². The molecule has 1 aromatic rings. The zero-order valence-electron chi connectivity index (χ0n) is 9.02. The topological polar surface area (TPSA) is 81.6 Å². The van der Waals surface area contributed by atoms with Crippen LogP contribution < -0.4 is 10.6 Å². The summed E-state index contributed by atoms with van der Waals surface area (Å²) in [6, 6.07) is 1.55. The molecule has 1 aliphatic heterocycles. The molecule has 0 radical (unpaired) electrons. The van der Waals surface area contributed by atoms with Gasteiger partial charge < -0.3 is 20.8 Å². The minimum absolute atomic E-state index is 0.0283. The van der Waals surface area contributed by atoms with Crippen molar-refractivity contribution in [2.75, 3.05) is 0 Å². The zero-order valence-corrected chi connectivity index (χ0v) is 9.02. The van der Waals surface area contributed by atoms with E-state index >= 15 is 0 Å². The molecule has 0 saturated heterocycles. The third kappa shape index (κ3) is 2.31. The smallest absolute Gasteiger partial charge is 0.319 e. The standard InChI is InChI=1S/C11H10F2N2O3/c12-7-2-1-5(3-8(7)13)9-6(10(16)17)4-14-11(18)15-9/h1-4,9-10,16-17H,(H2,14,15,18). The van der Waals surface area contributed by atoms with Crippen LogP contribution in [0.15, 0.2) is 30.0 Å². The predicted molar refractivity (Wildman–Crippen MR) is 57.1 cm³/mol. The quantitative estimate of drug-likeness (QED) is 0.582. The lowest BCUT2D eigenvalue weighted by Gasteiger charge is -2.27. The highest BCUT2D eigenvalue weighted by Crippen LogP contribution is 2.26. The van der Waals surface area contributed by atoms with Gasteiger partial charge in [0.05, 0.1) is 6.04 Å². The summed E-state index contributed by atoms with van der Waals surface area (Å²) >= 11 is 0. The van der Waals surface area contributed by atoms with Crippen LogP contribution in [0.5, 0.6) is 0 Å². The average molecular weight is 256 g/mol. The first-order valence-electron chi connectivity index (χ1n) is 5.07. The molecule has 0 aliphatic carbocycles. The Hall–Kier alpha value is -1.99. The summed E-state index contributed by atoms with van der Waals surface area (Å²) in [7, 11) is 0. The van der Waals surface area contributed by atoms with Gasteiger partial charge in [0.25, 0.3) is 0 Å². The van der Waals surface area contributed by atoms with Gasteiger partial charge >= 0.3 is 6.03 Å². The summed E-state index contributed by atoms with van der Waals surface area (Å²) in [6.07, 6.45) is -0.702. The van der Waals surface area contributed by atoms with E-state index in [1.807, 2.05) is 0 Å². The van der Waals surface area contributed by atoms with E-state index in [9.17, 15) is 13.6 Å². The largest absolute Gasteiger partial charge is 0.364 e. The molecule has 1 aliphatic rings. The monoisotopic (exact) mass is 256 g/mol. The molecule has 0 fully saturated rings. The Labute approximate surface area is 101 Å². The van der Waals surface area contributed by atoms with Gasteiger partial charge in [-0.15, -0.1) is 0 Å². The lowest BCUT2D eigenvalue weighted by atomic mass is 9.97. The predicted octanol–water partition coefficient (Wildman–Crippen LogP) is 0.513. The molecule has 0 saturated carbocycles. The van der Waals surface area contributed by atoms with E-state index in [1.54, 1.807) is 0 Å². The Morgan fingerprint density at radius 2 is 1.94 bits per heavy atom. The third-order valence-electron chi connectivity index (χ3n) is 2.55. The molecule has 1 heterocycles. The van der Waals surface area contributed by atoms with Crippen LogP contribution in [-0.2, 0) is 0 Å². The van der Waals surface area contributed by atoms with E-state index in [-0.39, 0.29) is 11.1 Å². The number of carbonyl (C=O) groups is 1. The van der Waals surface area contributed by atoms with Crippen LogP contribution >= 0.6 is 0 Å². The summed E-state index contributed by atoms with van der Waals surface area (Å²) in [5.74, 6) is -2.10. The SMILES string of the molecule is O=C1NC=C(C(O)O)C(c2ccc(F)c(F)c2)N1. The van der Waals surface area contributed by atoms with Crippen molar-refractivity contribution in [3.05, 3.63) is 47.2 Å². The molecular weight excluding hydrogens is 246 g/mol. The number of carbonyl (C=O) groups excluding carboxylic acids is 1. The van der Waals surface area contributed by atoms with E-state index in [1.165, 1.54) is 6.07 Å². The zero-order chi connectivity index (χ0) is 13.3. The van der Waals surface area contributed by atoms with Crippen LogP contribution in [0.2, 0.25) is 0 Å². The number of aliphatic hydroxyl groups excluding tert-OH is 1. The summed E-state index contributed by atoms with van der Waals surface area (Å²) < 4.78 is 25.9. The fourth-order valence-electron chi connectivity index (χ4n) is 1.68. The summed E-state index contributed by atoms with van der Waals surface area (Å²) in [6.45, 7) is 0. The van der Waals surface area contributed by atoms with E-state index < -0.39 is 30.0 Å². The fourth-order valence-corrected chi connectivity index (χ4v) is 1.68. The van der Waals surface area contributed by atoms with Gasteiger partial charge in [-0.05, 0) is 17.7 Å². The van der Waals surface area contributed by atoms with Crippen molar-refractivity contribution in [3.8, 4) is 0 Å². The fraction of sp³-hybridized carbons (Fsp3) is 0.182. The molecule has 2 rings (SSSR count). The van der Waals surface area contributed by atoms with E-state index in [0.717, 1.165) is 18.3 Å². The van der Waals surface area contributed by atoms with Crippen LogP contribution in [-0.4, -0.2) is 22.5 Å². The molecule has 0 spiro atoms. The van der Waals surface area contributed by atoms with Gasteiger partial charge in [0, 0.05) is 11.8 Å². The third-order valence-corrected chi connectivity index (χ3v) is 2.55. The van der Waals surface area contributed by atoms with Gasteiger partial charge in [0.15, 0.2) is 17.9 Å². The van der Waals surface area contributed by atoms with Crippen LogP contribution in [0, 0.1) is 11.6 Å². The number of urea groups is 1. The van der Waals surface area contributed by atoms with Crippen molar-refractivity contribution in [1.82, 2.24) is 10.6 Å². The van der Waals surface area contributed by atoms with E-state index in [0.29, 0.717) is 0 Å². The molecule has 5 nitrogen and oxygen atoms in total. The van der Waals surface area contributed by atoms with Crippen LogP contribution in [0.1, 0.15) is 11.6 Å². The molecule has 18 heavy (non-hydrogen) atoms. The van der Waals surface area contributed by atoms with Crippen LogP contribution in [0.3, 0.4) is 0 Å². The molecule has 1 atom stereocenters. The Bertz CT molecular complexity index is 517. The van der Waals surface area contributed by atoms with E-state index in [2.05, 4.69) is 10.6 Å². The summed E-state index contributed by atoms with van der Waals surface area (Å²) in [4.78, 5) is 11.2. The first-order chi connectivity index (χ1) is 8.49. The average Bonchev–Trinajstić information content (AvgIpc) is 2.32. The molecule has 4 N–H and O–H groups in total. The molecule has 0 aromatic heterocycles. The molecule has 7 heteroatoms. The van der Waals surface area contributed by atoms with Gasteiger partial charge in [-0.1, -0.05) is 6.07 Å². The number of aliphatic hydroxyl groups is 2. The number of nitrogens with one attached hydrogen (secondary N) is 2. The Morgan fingerprint density at radius 3 is 2.56 bits per heavy atom. The van der Waals surface area contributed by atoms with Crippen molar-refractivity contribution in [1.29, 1.82) is 0 Å². The van der Waals surface area contributed by atoms with Crippen molar-refractivity contribution in [2.24, 2.45) is 0 Å². The normalized spacial score (nSPS) is 19.3. The summed E-state index contributed by atoms with van der Waals surface area (Å²) in [5.41, 5.74) is 0.240. The van der Waals surface area contributed by atoms with Crippen molar-refractivity contribution in [2.45, 2.75) is 12.3 Å². The van der Waals surface area contributed by atoms with Crippen molar-refractivity contribution in [3.63, 3.8) is 0 Å². The maximum atomic E-state index is 13.1. The van der Waals surface area contributed by atoms with Gasteiger partial charge in [0.1, 0.15) is 0 Å². The number of halogens is 2. The maximum Gasteiger partial charge on any atom is 0.319 e. The first kappa shape index (κ1) is 12.5. The highest BCUT2D eigenvalue weighted by Gasteiger charge is 2.27. The number of benzene rings is 1. The van der Waals surface area contributed by atoms with Crippen LogP contribution in [0.25, 0.3) is 0 Å². The molecular formula is C11H10F2N2O3. The molecule has 96 valence electrons. The number of amides is 2. The number of rotatable bonds is 2. The van der Waals surface area contributed by atoms with Gasteiger partial charge in [-0.2, -0.15) is 0 Å². The van der Waals surface area contributed by atoms with Crippen LogP contribution in [0.4, 0.5) is 13.6 Å². The van der Waals surface area contributed by atoms with Gasteiger partial charge in [-0.25, -0.2) is 13.6 Å². The Balaban J connectivity index is 2.40. The molecule has 2 amide bonds. The first-order valence-corrected chi connectivity index (χ1v) is 5.07. The lowest BCUT2D eigenvalue weighted by molar-refractivity contribution is -0.0138.